The van der Waals surface area contributed by atoms with Gasteiger partial charge in [-0.1, -0.05) is 33.6 Å². The number of carbonyl (C=O) groups excluding carboxylic acids is 1. The lowest BCUT2D eigenvalue weighted by atomic mass is 10.1. The van der Waals surface area contributed by atoms with Gasteiger partial charge in [0.15, 0.2) is 5.11 Å². The van der Waals surface area contributed by atoms with Crippen molar-refractivity contribution in [1.29, 1.82) is 0 Å². The molecule has 0 fully saturated rings. The van der Waals surface area contributed by atoms with Crippen LogP contribution in [0.15, 0.2) is 53.0 Å². The zero-order valence-electron chi connectivity index (χ0n) is 13.1. The highest BCUT2D eigenvalue weighted by molar-refractivity contribution is 9.10. The van der Waals surface area contributed by atoms with Crippen molar-refractivity contribution in [2.75, 3.05) is 5.32 Å². The number of aryl methyl sites for hydroxylation is 1. The number of hydrogen-bond donors (Lipinski definition) is 2. The second-order valence-corrected chi connectivity index (χ2v) is 7.09. The van der Waals surface area contributed by atoms with Crippen LogP contribution in [0.2, 0.25) is 5.02 Å². The zero-order chi connectivity index (χ0) is 18.0. The van der Waals surface area contributed by atoms with Gasteiger partial charge in [0.05, 0.1) is 16.1 Å². The number of benzene rings is 2. The monoisotopic (exact) mass is 433 g/mol. The molecule has 126 valence electrons. The second kappa shape index (κ2) is 7.47. The van der Waals surface area contributed by atoms with Gasteiger partial charge in [0.2, 0.25) is 0 Å². The summed E-state index contributed by atoms with van der Waals surface area (Å²) in [7, 11) is 0. The van der Waals surface area contributed by atoms with Crippen LogP contribution in [0, 0.1) is 6.92 Å². The van der Waals surface area contributed by atoms with Crippen molar-refractivity contribution in [1.82, 2.24) is 10.3 Å². The fourth-order valence-corrected chi connectivity index (χ4v) is 3.13. The minimum Gasteiger partial charge on any atom is -0.332 e. The first-order valence-electron chi connectivity index (χ1n) is 7.38. The molecule has 0 saturated carbocycles. The Kier molecular flexibility index (Phi) is 5.32. The number of anilines is 1. The van der Waals surface area contributed by atoms with Crippen LogP contribution >= 0.6 is 39.7 Å². The number of nitrogens with one attached hydrogen (secondary N) is 2. The summed E-state index contributed by atoms with van der Waals surface area (Å²) in [6.45, 7) is 1.94. The quantitative estimate of drug-likeness (QED) is 0.552. The molecule has 2 aromatic carbocycles. The number of aromatic nitrogens is 1. The molecule has 7 heteroatoms. The number of rotatable bonds is 2. The largest absolute Gasteiger partial charge is 0.332 e. The predicted octanol–water partition coefficient (Wildman–Crippen LogP) is 5.09. The molecule has 1 amide bonds. The number of carbonyl (C=O) groups is 1. The maximum absolute atomic E-state index is 12.4. The van der Waals surface area contributed by atoms with E-state index in [1.165, 1.54) is 0 Å². The highest BCUT2D eigenvalue weighted by atomic mass is 79.9. The molecular weight excluding hydrogens is 422 g/mol. The van der Waals surface area contributed by atoms with Crippen LogP contribution in [-0.4, -0.2) is 16.0 Å². The summed E-state index contributed by atoms with van der Waals surface area (Å²) in [5.41, 5.74) is 2.91. The van der Waals surface area contributed by atoms with E-state index in [4.69, 9.17) is 23.8 Å². The van der Waals surface area contributed by atoms with Gasteiger partial charge < -0.3 is 5.32 Å². The highest BCUT2D eigenvalue weighted by Gasteiger charge is 2.13. The number of fused-ring (bicyclic) bond motifs is 1. The Morgan fingerprint density at radius 3 is 2.80 bits per heavy atom. The Morgan fingerprint density at radius 1 is 1.20 bits per heavy atom. The number of nitrogens with zero attached hydrogens (tertiary/aromatic N) is 1. The lowest BCUT2D eigenvalue weighted by molar-refractivity contribution is 0.0978. The minimum atomic E-state index is -0.377. The molecule has 0 bridgehead atoms. The Balaban J connectivity index is 1.79. The molecule has 0 atom stereocenters. The molecule has 3 aromatic rings. The normalized spacial score (nSPS) is 10.5. The van der Waals surface area contributed by atoms with Crippen molar-refractivity contribution in [3.63, 3.8) is 0 Å². The molecule has 1 heterocycles. The third-order valence-electron chi connectivity index (χ3n) is 3.52. The smallest absolute Gasteiger partial charge is 0.258 e. The number of halogens is 2. The van der Waals surface area contributed by atoms with E-state index in [1.807, 2.05) is 37.3 Å². The molecule has 0 spiro atoms. The lowest BCUT2D eigenvalue weighted by Crippen LogP contribution is -2.34. The van der Waals surface area contributed by atoms with Crippen molar-refractivity contribution in [2.45, 2.75) is 6.92 Å². The number of hydrogen-bond acceptors (Lipinski definition) is 3. The van der Waals surface area contributed by atoms with Crippen molar-refractivity contribution < 1.29 is 4.79 Å². The summed E-state index contributed by atoms with van der Waals surface area (Å²) in [5, 5.41) is 7.15. The minimum absolute atomic E-state index is 0.189. The van der Waals surface area contributed by atoms with E-state index in [-0.39, 0.29) is 11.0 Å². The van der Waals surface area contributed by atoms with Crippen LogP contribution in [-0.2, 0) is 0 Å². The molecule has 3 rings (SSSR count). The molecule has 0 aliphatic rings. The Bertz CT molecular complexity index is 993. The topological polar surface area (TPSA) is 54.0 Å². The molecule has 0 saturated heterocycles. The zero-order valence-corrected chi connectivity index (χ0v) is 16.3. The van der Waals surface area contributed by atoms with Crippen LogP contribution in [0.4, 0.5) is 5.69 Å². The Labute approximate surface area is 163 Å². The van der Waals surface area contributed by atoms with Gasteiger partial charge >= 0.3 is 0 Å². The number of thiocarbonyl (C=S) groups is 1. The first-order chi connectivity index (χ1) is 11.9. The molecule has 0 radical (unpaired) electrons. The van der Waals surface area contributed by atoms with Crippen molar-refractivity contribution in [3.05, 3.63) is 69.3 Å². The fourth-order valence-electron chi connectivity index (χ4n) is 2.36. The molecule has 4 nitrogen and oxygen atoms in total. The summed E-state index contributed by atoms with van der Waals surface area (Å²) in [4.78, 5) is 16.9. The van der Waals surface area contributed by atoms with Gasteiger partial charge in [0, 0.05) is 21.2 Å². The van der Waals surface area contributed by atoms with E-state index >= 15 is 0 Å². The number of amides is 1. The fraction of sp³-hybridized carbons (Fsp3) is 0.0556. The third-order valence-corrected chi connectivity index (χ3v) is 4.55. The van der Waals surface area contributed by atoms with Gasteiger partial charge in [0.1, 0.15) is 0 Å². The molecule has 2 N–H and O–H groups in total. The van der Waals surface area contributed by atoms with E-state index in [2.05, 4.69) is 31.5 Å². The van der Waals surface area contributed by atoms with Crippen LogP contribution < -0.4 is 10.6 Å². The molecule has 25 heavy (non-hydrogen) atoms. The van der Waals surface area contributed by atoms with Crippen molar-refractivity contribution >= 4 is 67.4 Å². The maximum Gasteiger partial charge on any atom is 0.258 e. The first kappa shape index (κ1) is 17.8. The maximum atomic E-state index is 12.4. The summed E-state index contributed by atoms with van der Waals surface area (Å²) >= 11 is 14.7. The van der Waals surface area contributed by atoms with Crippen LogP contribution in [0.25, 0.3) is 10.9 Å². The van der Waals surface area contributed by atoms with E-state index < -0.39 is 0 Å². The van der Waals surface area contributed by atoms with Crippen LogP contribution in [0.5, 0.6) is 0 Å². The summed E-state index contributed by atoms with van der Waals surface area (Å²) in [5.74, 6) is -0.377. The summed E-state index contributed by atoms with van der Waals surface area (Å²) < 4.78 is 0.761. The molecule has 0 aliphatic heterocycles. The van der Waals surface area contributed by atoms with Crippen LogP contribution in [0.3, 0.4) is 0 Å². The summed E-state index contributed by atoms with van der Waals surface area (Å²) in [6.07, 6.45) is 0. The predicted molar refractivity (Wildman–Crippen MR) is 109 cm³/mol. The SMILES string of the molecule is Cc1ccc2c(NC(=S)NC(=O)c3cc(Br)ccc3Cl)cccc2n1. The van der Waals surface area contributed by atoms with Crippen molar-refractivity contribution in [3.8, 4) is 0 Å². The van der Waals surface area contributed by atoms with E-state index in [0.29, 0.717) is 10.6 Å². The van der Waals surface area contributed by atoms with Gasteiger partial charge in [-0.05, 0) is 61.6 Å². The Morgan fingerprint density at radius 2 is 2.00 bits per heavy atom. The van der Waals surface area contributed by atoms with Gasteiger partial charge in [-0.3, -0.25) is 15.1 Å². The molecule has 0 unspecified atom stereocenters. The Hall–Kier alpha value is -2.02. The third kappa shape index (κ3) is 4.15. The van der Waals surface area contributed by atoms with E-state index in [1.54, 1.807) is 18.2 Å². The van der Waals surface area contributed by atoms with Crippen molar-refractivity contribution in [2.24, 2.45) is 0 Å². The highest BCUT2D eigenvalue weighted by Crippen LogP contribution is 2.23. The van der Waals surface area contributed by atoms with Gasteiger partial charge in [-0.2, -0.15) is 0 Å². The average molecular weight is 435 g/mol. The number of pyridine rings is 1. The van der Waals surface area contributed by atoms with E-state index in [9.17, 15) is 4.79 Å². The standard InChI is InChI=1S/C18H13BrClN3OS/c1-10-5-7-12-15(21-10)3-2-4-16(12)22-18(25)23-17(24)13-9-11(19)6-8-14(13)20/h2-9H,1H3,(H2,22,23,24,25). The molecule has 0 aliphatic carbocycles. The van der Waals surface area contributed by atoms with Gasteiger partial charge in [0.25, 0.3) is 5.91 Å². The van der Waals surface area contributed by atoms with Gasteiger partial charge in [-0.15, -0.1) is 0 Å². The first-order valence-corrected chi connectivity index (χ1v) is 8.96. The van der Waals surface area contributed by atoms with E-state index in [0.717, 1.165) is 26.8 Å². The lowest BCUT2D eigenvalue weighted by Gasteiger charge is -2.12. The molecule has 1 aromatic heterocycles. The van der Waals surface area contributed by atoms with Crippen LogP contribution in [0.1, 0.15) is 16.1 Å². The second-order valence-electron chi connectivity index (χ2n) is 5.36. The summed E-state index contributed by atoms with van der Waals surface area (Å²) in [6, 6.07) is 14.6. The average Bonchev–Trinajstić information content (AvgIpc) is 2.56. The van der Waals surface area contributed by atoms with Gasteiger partial charge in [-0.25, -0.2) is 0 Å². The molecular formula is C18H13BrClN3OS.